The number of halogens is 2. The minimum atomic E-state index is -0.151. The number of benzene rings is 2. The third kappa shape index (κ3) is 4.13. The summed E-state index contributed by atoms with van der Waals surface area (Å²) >= 11 is 12.3. The number of nitrogens with one attached hydrogen (secondary N) is 2. The zero-order valence-corrected chi connectivity index (χ0v) is 13.3. The lowest BCUT2D eigenvalue weighted by molar-refractivity contribution is -0.114. The Bertz CT molecular complexity index is 658. The smallest absolute Gasteiger partial charge is 0.221 e. The van der Waals surface area contributed by atoms with Gasteiger partial charge in [0, 0.05) is 23.7 Å². The molecule has 0 aromatic heterocycles. The lowest BCUT2D eigenvalue weighted by Crippen LogP contribution is -2.08. The van der Waals surface area contributed by atoms with E-state index in [1.54, 1.807) is 12.1 Å². The molecule has 1 amide bonds. The van der Waals surface area contributed by atoms with Crippen LogP contribution < -0.4 is 10.6 Å². The molecule has 0 radical (unpaired) electrons. The molecule has 2 aromatic carbocycles. The second-order valence-electron chi connectivity index (χ2n) is 4.76. The predicted molar refractivity (Wildman–Crippen MR) is 89.2 cm³/mol. The SMILES string of the molecule is CC(=O)Nc1ccc(NC(C)c2ccccc2Cl)cc1Cl. The van der Waals surface area contributed by atoms with Crippen LogP contribution >= 0.6 is 23.2 Å². The van der Waals surface area contributed by atoms with Gasteiger partial charge in [-0.15, -0.1) is 0 Å². The van der Waals surface area contributed by atoms with Crippen LogP contribution in [0.2, 0.25) is 10.0 Å². The van der Waals surface area contributed by atoms with Gasteiger partial charge in [0.15, 0.2) is 0 Å². The lowest BCUT2D eigenvalue weighted by Gasteiger charge is -2.18. The number of hydrogen-bond donors (Lipinski definition) is 2. The first kappa shape index (κ1) is 15.7. The van der Waals surface area contributed by atoms with Gasteiger partial charge < -0.3 is 10.6 Å². The van der Waals surface area contributed by atoms with Crippen LogP contribution in [0.1, 0.15) is 25.5 Å². The molecule has 2 rings (SSSR count). The Morgan fingerprint density at radius 3 is 2.43 bits per heavy atom. The molecule has 0 saturated heterocycles. The average Bonchev–Trinajstić information content (AvgIpc) is 2.42. The summed E-state index contributed by atoms with van der Waals surface area (Å²) in [6.07, 6.45) is 0. The zero-order valence-electron chi connectivity index (χ0n) is 11.8. The van der Waals surface area contributed by atoms with Crippen molar-refractivity contribution in [3.05, 3.63) is 58.1 Å². The first-order valence-electron chi connectivity index (χ1n) is 6.55. The number of hydrogen-bond acceptors (Lipinski definition) is 2. The number of anilines is 2. The fourth-order valence-corrected chi connectivity index (χ4v) is 2.58. The fourth-order valence-electron chi connectivity index (χ4n) is 2.05. The number of carbonyl (C=O) groups excluding carboxylic acids is 1. The van der Waals surface area contributed by atoms with E-state index in [1.165, 1.54) is 6.92 Å². The van der Waals surface area contributed by atoms with E-state index in [0.717, 1.165) is 16.3 Å². The molecular weight excluding hydrogens is 307 g/mol. The van der Waals surface area contributed by atoms with Gasteiger partial charge in [-0.1, -0.05) is 41.4 Å². The summed E-state index contributed by atoms with van der Waals surface area (Å²) in [6.45, 7) is 3.47. The summed E-state index contributed by atoms with van der Waals surface area (Å²) in [5.41, 5.74) is 2.47. The molecule has 110 valence electrons. The normalized spacial score (nSPS) is 11.8. The van der Waals surface area contributed by atoms with Crippen molar-refractivity contribution in [1.29, 1.82) is 0 Å². The molecule has 21 heavy (non-hydrogen) atoms. The molecule has 3 nitrogen and oxygen atoms in total. The molecule has 1 unspecified atom stereocenters. The highest BCUT2D eigenvalue weighted by Gasteiger charge is 2.10. The third-order valence-electron chi connectivity index (χ3n) is 3.03. The fraction of sp³-hybridized carbons (Fsp3) is 0.188. The van der Waals surface area contributed by atoms with Gasteiger partial charge in [0.1, 0.15) is 0 Å². The predicted octanol–water partition coefficient (Wildman–Crippen LogP) is 5.12. The first-order valence-corrected chi connectivity index (χ1v) is 7.31. The van der Waals surface area contributed by atoms with E-state index in [9.17, 15) is 4.79 Å². The number of carbonyl (C=O) groups is 1. The maximum atomic E-state index is 11.1. The van der Waals surface area contributed by atoms with E-state index in [2.05, 4.69) is 10.6 Å². The minimum Gasteiger partial charge on any atom is -0.378 e. The largest absolute Gasteiger partial charge is 0.378 e. The average molecular weight is 323 g/mol. The zero-order chi connectivity index (χ0) is 15.4. The van der Waals surface area contributed by atoms with Gasteiger partial charge in [-0.2, -0.15) is 0 Å². The highest BCUT2D eigenvalue weighted by molar-refractivity contribution is 6.34. The van der Waals surface area contributed by atoms with E-state index in [4.69, 9.17) is 23.2 Å². The maximum Gasteiger partial charge on any atom is 0.221 e. The van der Waals surface area contributed by atoms with Gasteiger partial charge >= 0.3 is 0 Å². The van der Waals surface area contributed by atoms with Crippen molar-refractivity contribution in [2.45, 2.75) is 19.9 Å². The molecule has 0 aliphatic rings. The Morgan fingerprint density at radius 2 is 1.81 bits per heavy atom. The molecule has 0 bridgehead atoms. The van der Waals surface area contributed by atoms with Crippen molar-refractivity contribution in [2.24, 2.45) is 0 Å². The monoisotopic (exact) mass is 322 g/mol. The molecule has 0 aliphatic carbocycles. The molecule has 5 heteroatoms. The van der Waals surface area contributed by atoms with Crippen LogP contribution in [0, 0.1) is 0 Å². The summed E-state index contributed by atoms with van der Waals surface area (Å²) in [5.74, 6) is -0.151. The molecule has 2 N–H and O–H groups in total. The Hall–Kier alpha value is -1.71. The highest BCUT2D eigenvalue weighted by Crippen LogP contribution is 2.29. The Kier molecular flexibility index (Phi) is 5.10. The summed E-state index contributed by atoms with van der Waals surface area (Å²) in [4.78, 5) is 11.1. The molecular formula is C16H16Cl2N2O. The van der Waals surface area contributed by atoms with Gasteiger partial charge in [-0.25, -0.2) is 0 Å². The third-order valence-corrected chi connectivity index (χ3v) is 3.69. The van der Waals surface area contributed by atoms with Crippen LogP contribution in [0.25, 0.3) is 0 Å². The van der Waals surface area contributed by atoms with Crippen LogP contribution in [0.4, 0.5) is 11.4 Å². The highest BCUT2D eigenvalue weighted by atomic mass is 35.5. The van der Waals surface area contributed by atoms with Crippen molar-refractivity contribution in [3.63, 3.8) is 0 Å². The molecule has 2 aromatic rings. The minimum absolute atomic E-state index is 0.0429. The topological polar surface area (TPSA) is 41.1 Å². The van der Waals surface area contributed by atoms with E-state index in [1.807, 2.05) is 37.3 Å². The van der Waals surface area contributed by atoms with Gasteiger partial charge in [0.2, 0.25) is 5.91 Å². The van der Waals surface area contributed by atoms with Crippen molar-refractivity contribution in [2.75, 3.05) is 10.6 Å². The molecule has 0 saturated carbocycles. The van der Waals surface area contributed by atoms with E-state index in [-0.39, 0.29) is 11.9 Å². The van der Waals surface area contributed by atoms with Gasteiger partial charge in [-0.05, 0) is 36.8 Å². The quantitative estimate of drug-likeness (QED) is 0.819. The summed E-state index contributed by atoms with van der Waals surface area (Å²) < 4.78 is 0. The second-order valence-corrected chi connectivity index (χ2v) is 5.58. The Balaban J connectivity index is 2.15. The second kappa shape index (κ2) is 6.83. The molecule has 1 atom stereocenters. The van der Waals surface area contributed by atoms with Crippen LogP contribution in [0.15, 0.2) is 42.5 Å². The van der Waals surface area contributed by atoms with Crippen LogP contribution in [0.5, 0.6) is 0 Å². The van der Waals surface area contributed by atoms with Gasteiger partial charge in [-0.3, -0.25) is 4.79 Å². The van der Waals surface area contributed by atoms with Crippen molar-refractivity contribution < 1.29 is 4.79 Å². The van der Waals surface area contributed by atoms with Crippen molar-refractivity contribution >= 4 is 40.5 Å². The first-order chi connectivity index (χ1) is 9.97. The van der Waals surface area contributed by atoms with Crippen LogP contribution in [-0.4, -0.2) is 5.91 Å². The van der Waals surface area contributed by atoms with Gasteiger partial charge in [0.05, 0.1) is 10.7 Å². The summed E-state index contributed by atoms with van der Waals surface area (Å²) in [6, 6.07) is 13.1. The van der Waals surface area contributed by atoms with E-state index in [0.29, 0.717) is 10.7 Å². The molecule has 0 heterocycles. The van der Waals surface area contributed by atoms with Crippen molar-refractivity contribution in [1.82, 2.24) is 0 Å². The van der Waals surface area contributed by atoms with Crippen LogP contribution in [0.3, 0.4) is 0 Å². The molecule has 0 spiro atoms. The van der Waals surface area contributed by atoms with Crippen LogP contribution in [-0.2, 0) is 4.79 Å². The molecule has 0 aliphatic heterocycles. The summed E-state index contributed by atoms with van der Waals surface area (Å²) in [7, 11) is 0. The lowest BCUT2D eigenvalue weighted by atomic mass is 10.1. The summed E-state index contributed by atoms with van der Waals surface area (Å²) in [5, 5.41) is 7.22. The maximum absolute atomic E-state index is 11.1. The molecule has 0 fully saturated rings. The van der Waals surface area contributed by atoms with Gasteiger partial charge in [0.25, 0.3) is 0 Å². The van der Waals surface area contributed by atoms with E-state index < -0.39 is 0 Å². The number of rotatable bonds is 4. The standard InChI is InChI=1S/C16H16Cl2N2O/c1-10(13-5-3-4-6-14(13)17)19-12-7-8-16(15(18)9-12)20-11(2)21/h3-10,19H,1-2H3,(H,20,21). The van der Waals surface area contributed by atoms with Crippen molar-refractivity contribution in [3.8, 4) is 0 Å². The Morgan fingerprint density at radius 1 is 1.10 bits per heavy atom. The Labute approximate surface area is 134 Å². The number of amides is 1. The van der Waals surface area contributed by atoms with E-state index >= 15 is 0 Å².